The van der Waals surface area contributed by atoms with Gasteiger partial charge in [-0.3, -0.25) is 4.79 Å². The summed E-state index contributed by atoms with van der Waals surface area (Å²) < 4.78 is 10.1. The first-order valence-electron chi connectivity index (χ1n) is 7.11. The Morgan fingerprint density at radius 2 is 1.90 bits per heavy atom. The van der Waals surface area contributed by atoms with Gasteiger partial charge in [-0.1, -0.05) is 6.07 Å². The van der Waals surface area contributed by atoms with E-state index in [0.717, 1.165) is 24.0 Å². The van der Waals surface area contributed by atoms with E-state index in [9.17, 15) is 9.59 Å². The van der Waals surface area contributed by atoms with Crippen molar-refractivity contribution in [2.75, 3.05) is 13.2 Å². The van der Waals surface area contributed by atoms with Crippen molar-refractivity contribution in [3.8, 4) is 0 Å². The Balaban J connectivity index is 2.11. The van der Waals surface area contributed by atoms with Crippen molar-refractivity contribution in [3.63, 3.8) is 0 Å². The van der Waals surface area contributed by atoms with Gasteiger partial charge in [-0.15, -0.1) is 0 Å². The molecule has 20 heavy (non-hydrogen) atoms. The number of ether oxygens (including phenoxy) is 2. The van der Waals surface area contributed by atoms with Gasteiger partial charge in [-0.25, -0.2) is 4.79 Å². The fourth-order valence-electron chi connectivity index (χ4n) is 2.56. The average Bonchev–Trinajstić information content (AvgIpc) is 2.46. The van der Waals surface area contributed by atoms with Crippen LogP contribution in [0.25, 0.3) is 0 Å². The number of benzene rings is 1. The van der Waals surface area contributed by atoms with Crippen LogP contribution in [0.4, 0.5) is 0 Å². The minimum atomic E-state index is -0.289. The molecule has 0 aromatic heterocycles. The van der Waals surface area contributed by atoms with E-state index in [4.69, 9.17) is 9.47 Å². The van der Waals surface area contributed by atoms with Crippen LogP contribution in [-0.4, -0.2) is 25.2 Å². The summed E-state index contributed by atoms with van der Waals surface area (Å²) >= 11 is 0. The van der Waals surface area contributed by atoms with Crippen LogP contribution < -0.4 is 0 Å². The van der Waals surface area contributed by atoms with Gasteiger partial charge in [0.15, 0.2) is 0 Å². The topological polar surface area (TPSA) is 52.6 Å². The van der Waals surface area contributed by atoms with Crippen molar-refractivity contribution in [3.05, 3.63) is 34.9 Å². The molecule has 1 aromatic carbocycles. The summed E-state index contributed by atoms with van der Waals surface area (Å²) in [7, 11) is 0. The zero-order valence-electron chi connectivity index (χ0n) is 12.0. The highest BCUT2D eigenvalue weighted by Crippen LogP contribution is 2.27. The summed E-state index contributed by atoms with van der Waals surface area (Å²) in [5.74, 6) is -0.466. The first-order valence-corrected chi connectivity index (χ1v) is 7.11. The molecule has 0 spiro atoms. The summed E-state index contributed by atoms with van der Waals surface area (Å²) in [6, 6.07) is 5.58. The average molecular weight is 276 g/mol. The van der Waals surface area contributed by atoms with Crippen molar-refractivity contribution in [1.29, 1.82) is 0 Å². The maximum absolute atomic E-state index is 11.8. The molecule has 1 aliphatic rings. The van der Waals surface area contributed by atoms with Gasteiger partial charge < -0.3 is 9.47 Å². The molecule has 0 saturated heterocycles. The molecule has 4 nitrogen and oxygen atoms in total. The van der Waals surface area contributed by atoms with Gasteiger partial charge in [0.05, 0.1) is 24.7 Å². The molecular formula is C16H20O4. The van der Waals surface area contributed by atoms with Gasteiger partial charge in [0.25, 0.3) is 0 Å². The van der Waals surface area contributed by atoms with Gasteiger partial charge in [-0.2, -0.15) is 0 Å². The fraction of sp³-hybridized carbons (Fsp3) is 0.500. The maximum atomic E-state index is 11.8. The normalized spacial score (nSPS) is 17.2. The molecular weight excluding hydrogens is 256 g/mol. The van der Waals surface area contributed by atoms with Gasteiger partial charge in [-0.05, 0) is 56.4 Å². The molecule has 1 aromatic rings. The molecule has 0 fully saturated rings. The van der Waals surface area contributed by atoms with Crippen LogP contribution in [0.15, 0.2) is 18.2 Å². The van der Waals surface area contributed by atoms with Crippen molar-refractivity contribution in [2.45, 2.75) is 33.1 Å². The third-order valence-electron chi connectivity index (χ3n) is 3.57. The lowest BCUT2D eigenvalue weighted by atomic mass is 9.83. The van der Waals surface area contributed by atoms with E-state index in [1.54, 1.807) is 13.0 Å². The number of aryl methyl sites for hydroxylation is 1. The molecule has 0 radical (unpaired) electrons. The van der Waals surface area contributed by atoms with Crippen LogP contribution in [0, 0.1) is 5.92 Å². The number of hydrogen-bond donors (Lipinski definition) is 0. The van der Waals surface area contributed by atoms with Crippen molar-refractivity contribution in [1.82, 2.24) is 0 Å². The van der Waals surface area contributed by atoms with Crippen LogP contribution in [0.3, 0.4) is 0 Å². The molecule has 0 amide bonds. The maximum Gasteiger partial charge on any atom is 0.338 e. The van der Waals surface area contributed by atoms with E-state index in [1.165, 1.54) is 0 Å². The predicted octanol–water partition coefficient (Wildman–Crippen LogP) is 2.53. The zero-order valence-corrected chi connectivity index (χ0v) is 12.0. The number of carbonyl (C=O) groups excluding carboxylic acids is 2. The minimum absolute atomic E-state index is 0.0594. The summed E-state index contributed by atoms with van der Waals surface area (Å²) in [6.45, 7) is 4.41. The summed E-state index contributed by atoms with van der Waals surface area (Å²) in [5, 5.41) is 0. The van der Waals surface area contributed by atoms with Crippen molar-refractivity contribution >= 4 is 11.9 Å². The first kappa shape index (κ1) is 14.6. The predicted molar refractivity (Wildman–Crippen MR) is 74.5 cm³/mol. The van der Waals surface area contributed by atoms with E-state index in [2.05, 4.69) is 0 Å². The third kappa shape index (κ3) is 3.18. The lowest BCUT2D eigenvalue weighted by Crippen LogP contribution is -2.25. The Bertz CT molecular complexity index is 507. The highest BCUT2D eigenvalue weighted by molar-refractivity contribution is 5.89. The second kappa shape index (κ2) is 6.55. The number of carbonyl (C=O) groups is 2. The van der Waals surface area contributed by atoms with Crippen LogP contribution in [-0.2, 0) is 27.1 Å². The van der Waals surface area contributed by atoms with E-state index in [0.29, 0.717) is 25.2 Å². The second-order valence-corrected chi connectivity index (χ2v) is 4.90. The van der Waals surface area contributed by atoms with Crippen LogP contribution in [0.1, 0.15) is 41.8 Å². The quantitative estimate of drug-likeness (QED) is 0.793. The lowest BCUT2D eigenvalue weighted by molar-refractivity contribution is -0.148. The SMILES string of the molecule is CCOC(=O)c1ccc2c(c1)CCC(C(=O)OCC)C2. The summed E-state index contributed by atoms with van der Waals surface area (Å²) in [5.41, 5.74) is 2.85. The molecule has 0 saturated carbocycles. The highest BCUT2D eigenvalue weighted by Gasteiger charge is 2.26. The molecule has 1 aliphatic carbocycles. The lowest BCUT2D eigenvalue weighted by Gasteiger charge is -2.23. The van der Waals surface area contributed by atoms with E-state index in [1.807, 2.05) is 19.1 Å². The number of hydrogen-bond acceptors (Lipinski definition) is 4. The fourth-order valence-corrected chi connectivity index (χ4v) is 2.56. The monoisotopic (exact) mass is 276 g/mol. The third-order valence-corrected chi connectivity index (χ3v) is 3.57. The molecule has 4 heteroatoms. The molecule has 1 atom stereocenters. The molecule has 108 valence electrons. The van der Waals surface area contributed by atoms with Crippen molar-refractivity contribution < 1.29 is 19.1 Å². The number of fused-ring (bicyclic) bond motifs is 1. The molecule has 2 rings (SSSR count). The largest absolute Gasteiger partial charge is 0.466 e. The Hall–Kier alpha value is -1.84. The highest BCUT2D eigenvalue weighted by atomic mass is 16.5. The van der Waals surface area contributed by atoms with Gasteiger partial charge >= 0.3 is 11.9 Å². The van der Waals surface area contributed by atoms with Crippen LogP contribution in [0.2, 0.25) is 0 Å². The summed E-state index contributed by atoms with van der Waals surface area (Å²) in [4.78, 5) is 23.5. The number of esters is 2. The standard InChI is InChI=1S/C16H20O4/c1-3-19-15(17)13-7-5-12-10-14(16(18)20-4-2)8-6-11(12)9-13/h5,7,9,14H,3-4,6,8,10H2,1-2H3. The Kier molecular flexibility index (Phi) is 4.77. The first-order chi connectivity index (χ1) is 9.65. The van der Waals surface area contributed by atoms with Gasteiger partial charge in [0.2, 0.25) is 0 Å². The zero-order chi connectivity index (χ0) is 14.5. The van der Waals surface area contributed by atoms with E-state index < -0.39 is 0 Å². The molecule has 0 heterocycles. The summed E-state index contributed by atoms with van der Waals surface area (Å²) in [6.07, 6.45) is 2.27. The van der Waals surface area contributed by atoms with Crippen LogP contribution in [0.5, 0.6) is 0 Å². The van der Waals surface area contributed by atoms with Crippen molar-refractivity contribution in [2.24, 2.45) is 5.92 Å². The van der Waals surface area contributed by atoms with E-state index >= 15 is 0 Å². The van der Waals surface area contributed by atoms with Gasteiger partial charge in [0.1, 0.15) is 0 Å². The second-order valence-electron chi connectivity index (χ2n) is 4.90. The number of rotatable bonds is 4. The van der Waals surface area contributed by atoms with Gasteiger partial charge in [0, 0.05) is 0 Å². The molecule has 1 unspecified atom stereocenters. The Labute approximate surface area is 119 Å². The van der Waals surface area contributed by atoms with E-state index in [-0.39, 0.29) is 17.9 Å². The van der Waals surface area contributed by atoms with Crippen LogP contribution >= 0.6 is 0 Å². The smallest absolute Gasteiger partial charge is 0.338 e. The molecule has 0 bridgehead atoms. The Morgan fingerprint density at radius 3 is 2.60 bits per heavy atom. The molecule has 0 N–H and O–H groups in total. The Morgan fingerprint density at radius 1 is 1.15 bits per heavy atom. The molecule has 0 aliphatic heterocycles. The minimum Gasteiger partial charge on any atom is -0.466 e.